The van der Waals surface area contributed by atoms with Gasteiger partial charge in [0, 0.05) is 31.4 Å². The Kier molecular flexibility index (Phi) is 4.28. The van der Waals surface area contributed by atoms with E-state index in [9.17, 15) is 9.50 Å². The minimum absolute atomic E-state index is 0.0758. The van der Waals surface area contributed by atoms with Crippen LogP contribution in [0, 0.1) is 11.2 Å². The number of amidine groups is 1. The molecular formula is C21H18FN5OS. The predicted octanol–water partition coefficient (Wildman–Crippen LogP) is 2.12. The maximum absolute atomic E-state index is 14.1. The molecule has 2 aromatic carbocycles. The number of anilines is 2. The highest BCUT2D eigenvalue weighted by Gasteiger charge is 2.26. The van der Waals surface area contributed by atoms with Crippen molar-refractivity contribution >= 4 is 33.6 Å². The molecule has 3 aromatic rings. The second kappa shape index (κ2) is 6.97. The Labute approximate surface area is 170 Å². The smallest absolute Gasteiger partial charge is 0.232 e. The summed E-state index contributed by atoms with van der Waals surface area (Å²) in [5.74, 6) is -0.150. The van der Waals surface area contributed by atoms with Crippen molar-refractivity contribution in [1.29, 1.82) is 5.41 Å². The number of aromatic hydroxyl groups is 1. The van der Waals surface area contributed by atoms with Crippen molar-refractivity contribution in [2.24, 2.45) is 4.99 Å². The second-order valence-corrected chi connectivity index (χ2v) is 7.90. The Morgan fingerprint density at radius 2 is 1.66 bits per heavy atom. The van der Waals surface area contributed by atoms with E-state index in [0.29, 0.717) is 47.4 Å². The molecule has 0 bridgehead atoms. The zero-order valence-corrected chi connectivity index (χ0v) is 16.3. The minimum Gasteiger partial charge on any atom is -0.492 e. The van der Waals surface area contributed by atoms with Crippen molar-refractivity contribution in [3.05, 3.63) is 69.8 Å². The summed E-state index contributed by atoms with van der Waals surface area (Å²) in [6.45, 7) is 2.69. The summed E-state index contributed by atoms with van der Waals surface area (Å²) in [6.07, 6.45) is 0. The number of nitrogens with zero attached hydrogens (tertiary/aromatic N) is 4. The monoisotopic (exact) mass is 407 g/mol. The summed E-state index contributed by atoms with van der Waals surface area (Å²) < 4.78 is 14.1. The van der Waals surface area contributed by atoms with E-state index in [0.717, 1.165) is 10.6 Å². The van der Waals surface area contributed by atoms with Crippen molar-refractivity contribution in [3.63, 3.8) is 0 Å². The van der Waals surface area contributed by atoms with Gasteiger partial charge in [0.25, 0.3) is 0 Å². The maximum atomic E-state index is 14.1. The molecule has 0 unspecified atom stereocenters. The van der Waals surface area contributed by atoms with Crippen LogP contribution in [0.3, 0.4) is 0 Å². The second-order valence-electron chi connectivity index (χ2n) is 6.93. The van der Waals surface area contributed by atoms with Gasteiger partial charge < -0.3 is 14.9 Å². The van der Waals surface area contributed by atoms with Gasteiger partial charge in [-0.05, 0) is 18.2 Å². The number of fused-ring (bicyclic) bond motifs is 1. The summed E-state index contributed by atoms with van der Waals surface area (Å²) in [5.41, 5.74) is 1.23. The first kappa shape index (κ1) is 17.8. The molecule has 0 spiro atoms. The Hall–Kier alpha value is -3.26. The highest BCUT2D eigenvalue weighted by atomic mass is 32.1. The number of hydrogen-bond donors (Lipinski definition) is 2. The lowest BCUT2D eigenvalue weighted by atomic mass is 10.1. The Morgan fingerprint density at radius 1 is 0.966 bits per heavy atom. The van der Waals surface area contributed by atoms with Gasteiger partial charge in [0.2, 0.25) is 5.88 Å². The SMILES string of the molecule is N=C1N=c2ccccc2=C1c1sc(N2CCN(c3ccccc3F)CC2)nc1O. The van der Waals surface area contributed by atoms with Crippen LogP contribution in [-0.2, 0) is 0 Å². The number of nitrogens with one attached hydrogen (secondary N) is 1. The number of rotatable bonds is 3. The first-order valence-electron chi connectivity index (χ1n) is 9.33. The van der Waals surface area contributed by atoms with Crippen LogP contribution in [0.5, 0.6) is 5.88 Å². The van der Waals surface area contributed by atoms with E-state index >= 15 is 0 Å². The van der Waals surface area contributed by atoms with Gasteiger partial charge in [-0.2, -0.15) is 4.98 Å². The van der Waals surface area contributed by atoms with Crippen molar-refractivity contribution in [3.8, 4) is 5.88 Å². The first-order chi connectivity index (χ1) is 14.1. The molecule has 1 saturated heterocycles. The summed E-state index contributed by atoms with van der Waals surface area (Å²) in [6, 6.07) is 14.3. The summed E-state index contributed by atoms with van der Waals surface area (Å²) in [5, 5.41) is 21.0. The average molecular weight is 407 g/mol. The fourth-order valence-corrected chi connectivity index (χ4v) is 4.83. The van der Waals surface area contributed by atoms with Gasteiger partial charge in [0.05, 0.1) is 16.6 Å². The van der Waals surface area contributed by atoms with E-state index in [1.54, 1.807) is 12.1 Å². The quantitative estimate of drug-likeness (QED) is 0.698. The van der Waals surface area contributed by atoms with Gasteiger partial charge in [-0.15, -0.1) is 0 Å². The van der Waals surface area contributed by atoms with E-state index in [-0.39, 0.29) is 17.5 Å². The Morgan fingerprint density at radius 3 is 2.45 bits per heavy atom. The molecule has 0 radical (unpaired) electrons. The Balaban J connectivity index is 1.41. The summed E-state index contributed by atoms with van der Waals surface area (Å²) >= 11 is 1.37. The highest BCUT2D eigenvalue weighted by Crippen LogP contribution is 2.36. The molecule has 0 amide bonds. The fraction of sp³-hybridized carbons (Fsp3) is 0.190. The predicted molar refractivity (Wildman–Crippen MR) is 112 cm³/mol. The largest absolute Gasteiger partial charge is 0.492 e. The van der Waals surface area contributed by atoms with E-state index in [1.165, 1.54) is 17.4 Å². The van der Waals surface area contributed by atoms with Crippen LogP contribution in [0.4, 0.5) is 15.2 Å². The molecule has 146 valence electrons. The first-order valence-corrected chi connectivity index (χ1v) is 10.1. The molecule has 29 heavy (non-hydrogen) atoms. The Bertz CT molecular complexity index is 1230. The molecule has 1 aromatic heterocycles. The standard InChI is InChI=1S/C21H18FN5OS/c22-14-6-2-4-8-16(14)26-9-11-27(12-10-26)21-25-20(28)18(29-21)17-13-5-1-3-7-15(13)24-19(17)23/h1-8,23,28H,9-12H2. The van der Waals surface area contributed by atoms with E-state index < -0.39 is 0 Å². The van der Waals surface area contributed by atoms with Gasteiger partial charge >= 0.3 is 0 Å². The third-order valence-electron chi connectivity index (χ3n) is 5.21. The molecule has 2 aliphatic rings. The highest BCUT2D eigenvalue weighted by molar-refractivity contribution is 7.17. The molecule has 0 saturated carbocycles. The van der Waals surface area contributed by atoms with E-state index in [2.05, 4.69) is 14.9 Å². The van der Waals surface area contributed by atoms with Gasteiger partial charge in [-0.1, -0.05) is 41.7 Å². The van der Waals surface area contributed by atoms with Crippen molar-refractivity contribution in [2.75, 3.05) is 36.0 Å². The van der Waals surface area contributed by atoms with E-state index in [4.69, 9.17) is 5.41 Å². The third kappa shape index (κ3) is 3.05. The minimum atomic E-state index is -0.214. The van der Waals surface area contributed by atoms with Gasteiger partial charge in [-0.25, -0.2) is 9.38 Å². The third-order valence-corrected chi connectivity index (χ3v) is 6.33. The van der Waals surface area contributed by atoms with Gasteiger partial charge in [-0.3, -0.25) is 5.41 Å². The van der Waals surface area contributed by atoms with Crippen LogP contribution in [-0.4, -0.2) is 42.1 Å². The van der Waals surface area contributed by atoms with Crippen LogP contribution in [0.15, 0.2) is 53.5 Å². The molecule has 0 aliphatic carbocycles. The van der Waals surface area contributed by atoms with Crippen LogP contribution in [0.1, 0.15) is 4.88 Å². The molecule has 0 atom stereocenters. The van der Waals surface area contributed by atoms with Gasteiger partial charge in [0.1, 0.15) is 10.7 Å². The zero-order valence-electron chi connectivity index (χ0n) is 15.5. The van der Waals surface area contributed by atoms with Crippen LogP contribution >= 0.6 is 11.3 Å². The van der Waals surface area contributed by atoms with Crippen molar-refractivity contribution in [2.45, 2.75) is 0 Å². The topological polar surface area (TPSA) is 75.8 Å². The number of thiazole rings is 1. The fourth-order valence-electron chi connectivity index (χ4n) is 3.76. The number of halogens is 1. The summed E-state index contributed by atoms with van der Waals surface area (Å²) in [4.78, 5) is 13.3. The van der Waals surface area contributed by atoms with E-state index in [1.807, 2.05) is 35.2 Å². The molecule has 2 N–H and O–H groups in total. The van der Waals surface area contributed by atoms with Crippen molar-refractivity contribution in [1.82, 2.24) is 4.98 Å². The number of para-hydroxylation sites is 2. The number of piperazine rings is 1. The number of benzene rings is 2. The van der Waals surface area contributed by atoms with Crippen molar-refractivity contribution < 1.29 is 9.50 Å². The molecule has 5 rings (SSSR count). The molecule has 6 nitrogen and oxygen atoms in total. The number of aromatic nitrogens is 1. The molecule has 8 heteroatoms. The normalized spacial score (nSPS) is 16.2. The lowest BCUT2D eigenvalue weighted by molar-refractivity contribution is 0.455. The lowest BCUT2D eigenvalue weighted by Gasteiger charge is -2.36. The summed E-state index contributed by atoms with van der Waals surface area (Å²) in [7, 11) is 0. The molecule has 2 aliphatic heterocycles. The van der Waals surface area contributed by atoms with Gasteiger partial charge in [0.15, 0.2) is 11.0 Å². The lowest BCUT2D eigenvalue weighted by Crippen LogP contribution is -2.46. The number of hydrogen-bond acceptors (Lipinski definition) is 6. The maximum Gasteiger partial charge on any atom is 0.232 e. The van der Waals surface area contributed by atoms with Crippen LogP contribution in [0.2, 0.25) is 0 Å². The molecule has 3 heterocycles. The molecule has 1 fully saturated rings. The van der Waals surface area contributed by atoms with Crippen LogP contribution in [0.25, 0.3) is 5.57 Å². The molecular weight excluding hydrogens is 389 g/mol. The average Bonchev–Trinajstić information content (AvgIpc) is 3.27. The zero-order chi connectivity index (χ0) is 20.0. The van der Waals surface area contributed by atoms with Crippen LogP contribution < -0.4 is 20.4 Å².